The Morgan fingerprint density at radius 2 is 1.79 bits per heavy atom. The Balaban J connectivity index is 1.75. The van der Waals surface area contributed by atoms with Crippen LogP contribution in [0.15, 0.2) is 79.1 Å². The maximum Gasteiger partial charge on any atom is 0.145 e. The van der Waals surface area contributed by atoms with Crippen molar-refractivity contribution in [3.05, 3.63) is 84.7 Å². The van der Waals surface area contributed by atoms with E-state index >= 15 is 0 Å². The van der Waals surface area contributed by atoms with Crippen LogP contribution in [0.2, 0.25) is 0 Å². The summed E-state index contributed by atoms with van der Waals surface area (Å²) in [5.74, 6) is 0.703. The minimum absolute atomic E-state index is 0.233. The predicted octanol–water partition coefficient (Wildman–Crippen LogP) is 7.00. The van der Waals surface area contributed by atoms with Crippen molar-refractivity contribution in [2.24, 2.45) is 5.92 Å². The van der Waals surface area contributed by atoms with Crippen LogP contribution in [-0.4, -0.2) is 9.38 Å². The largest absolute Gasteiger partial charge is 0.299 e. The summed E-state index contributed by atoms with van der Waals surface area (Å²) in [5, 5.41) is 3.93. The van der Waals surface area contributed by atoms with Crippen molar-refractivity contribution in [1.82, 2.24) is 9.38 Å². The van der Waals surface area contributed by atoms with Crippen LogP contribution in [0.3, 0.4) is 0 Å². The summed E-state index contributed by atoms with van der Waals surface area (Å²) >= 11 is 0. The first-order chi connectivity index (χ1) is 14.2. The van der Waals surface area contributed by atoms with Crippen LogP contribution in [-0.2, 0) is 5.41 Å². The Morgan fingerprint density at radius 3 is 2.55 bits per heavy atom. The first-order valence-electron chi connectivity index (χ1n) is 10.5. The molecule has 29 heavy (non-hydrogen) atoms. The first kappa shape index (κ1) is 16.8. The number of nitrogens with zero attached hydrogens (tertiary/aromatic N) is 2. The highest BCUT2D eigenvalue weighted by Gasteiger charge is 2.42. The van der Waals surface area contributed by atoms with Gasteiger partial charge in [0.2, 0.25) is 0 Å². The fourth-order valence-electron chi connectivity index (χ4n) is 5.21. The van der Waals surface area contributed by atoms with Gasteiger partial charge in [-0.3, -0.25) is 4.40 Å². The summed E-state index contributed by atoms with van der Waals surface area (Å²) in [6.45, 7) is 4.82. The molecule has 2 unspecified atom stereocenters. The van der Waals surface area contributed by atoms with E-state index in [4.69, 9.17) is 4.98 Å². The van der Waals surface area contributed by atoms with Gasteiger partial charge in [0, 0.05) is 23.2 Å². The summed E-state index contributed by atoms with van der Waals surface area (Å²) in [4.78, 5) is 4.80. The molecule has 2 aromatic heterocycles. The topological polar surface area (TPSA) is 17.3 Å². The van der Waals surface area contributed by atoms with E-state index in [1.165, 1.54) is 51.2 Å². The van der Waals surface area contributed by atoms with Gasteiger partial charge in [0.1, 0.15) is 5.65 Å². The summed E-state index contributed by atoms with van der Waals surface area (Å²) in [5.41, 5.74) is 6.49. The highest BCUT2D eigenvalue weighted by atomic mass is 15.0. The van der Waals surface area contributed by atoms with Gasteiger partial charge in [-0.05, 0) is 58.4 Å². The number of imidazole rings is 1. The maximum atomic E-state index is 4.80. The molecule has 2 atom stereocenters. The molecule has 0 radical (unpaired) electrons. The van der Waals surface area contributed by atoms with Crippen molar-refractivity contribution < 1.29 is 0 Å². The molecule has 0 aliphatic heterocycles. The van der Waals surface area contributed by atoms with Gasteiger partial charge in [0.15, 0.2) is 0 Å². The Hall–Kier alpha value is -3.13. The Kier molecular flexibility index (Phi) is 3.44. The number of aromatic nitrogens is 2. The van der Waals surface area contributed by atoms with Gasteiger partial charge in [0.25, 0.3) is 0 Å². The summed E-state index contributed by atoms with van der Waals surface area (Å²) in [7, 11) is 0. The second-order valence-corrected chi connectivity index (χ2v) is 8.80. The zero-order valence-corrected chi connectivity index (χ0v) is 16.9. The molecule has 142 valence electrons. The van der Waals surface area contributed by atoms with Crippen molar-refractivity contribution in [3.8, 4) is 11.1 Å². The molecular weight excluding hydrogens is 352 g/mol. The molecule has 1 aliphatic rings. The molecular formula is C27H24N2. The number of fused-ring (bicyclic) bond motifs is 6. The molecule has 5 aromatic rings. The number of benzene rings is 3. The van der Waals surface area contributed by atoms with E-state index in [1.807, 2.05) is 6.20 Å². The molecule has 2 heterocycles. The minimum Gasteiger partial charge on any atom is -0.299 e. The van der Waals surface area contributed by atoms with E-state index in [0.717, 1.165) is 5.65 Å². The van der Waals surface area contributed by atoms with Crippen LogP contribution in [0.4, 0.5) is 0 Å². The lowest BCUT2D eigenvalue weighted by molar-refractivity contribution is 0.161. The van der Waals surface area contributed by atoms with E-state index in [1.54, 1.807) is 0 Å². The van der Waals surface area contributed by atoms with Crippen LogP contribution < -0.4 is 0 Å². The van der Waals surface area contributed by atoms with E-state index in [-0.39, 0.29) is 5.41 Å². The number of hydrogen-bond acceptors (Lipinski definition) is 1. The Bertz CT molecular complexity index is 1380. The van der Waals surface area contributed by atoms with Gasteiger partial charge in [-0.1, -0.05) is 68.4 Å². The number of rotatable bonds is 2. The average Bonchev–Trinajstić information content (AvgIpc) is 3.27. The average molecular weight is 377 g/mol. The molecule has 1 saturated carbocycles. The number of hydrogen-bond donors (Lipinski definition) is 0. The summed E-state index contributed by atoms with van der Waals surface area (Å²) in [6.07, 6.45) is 6.59. The zero-order chi connectivity index (χ0) is 19.6. The first-order valence-corrected chi connectivity index (χ1v) is 10.5. The van der Waals surface area contributed by atoms with E-state index in [9.17, 15) is 0 Å². The fraction of sp³-hybridized carbons (Fsp3) is 0.222. The van der Waals surface area contributed by atoms with Crippen LogP contribution in [0, 0.1) is 5.92 Å². The molecule has 0 bridgehead atoms. The molecule has 0 amide bonds. The van der Waals surface area contributed by atoms with Gasteiger partial charge >= 0.3 is 0 Å². The standard InChI is InChI=1S/C27H24N2/c1-18-13-14-27(18,2)23-10-6-9-21-22-17-20(19-7-4-3-5-8-19)11-12-24(22)29-16-15-28-26(29)25(21)23/h3-12,15-18H,13-14H2,1-2H3. The van der Waals surface area contributed by atoms with Gasteiger partial charge in [-0.2, -0.15) is 0 Å². The van der Waals surface area contributed by atoms with Crippen molar-refractivity contribution >= 4 is 27.3 Å². The van der Waals surface area contributed by atoms with Crippen LogP contribution in [0.5, 0.6) is 0 Å². The molecule has 0 spiro atoms. The third kappa shape index (κ3) is 2.26. The lowest BCUT2D eigenvalue weighted by Gasteiger charge is -2.46. The minimum atomic E-state index is 0.233. The van der Waals surface area contributed by atoms with Crippen molar-refractivity contribution in [3.63, 3.8) is 0 Å². The third-order valence-corrected chi connectivity index (χ3v) is 7.38. The molecule has 0 saturated heterocycles. The van der Waals surface area contributed by atoms with Crippen LogP contribution >= 0.6 is 0 Å². The lowest BCUT2D eigenvalue weighted by Crippen LogP contribution is -2.39. The van der Waals surface area contributed by atoms with Gasteiger partial charge in [0.05, 0.1) is 5.52 Å². The molecule has 1 fully saturated rings. The van der Waals surface area contributed by atoms with Crippen molar-refractivity contribution in [2.45, 2.75) is 32.1 Å². The van der Waals surface area contributed by atoms with Crippen molar-refractivity contribution in [2.75, 3.05) is 0 Å². The number of pyridine rings is 1. The zero-order valence-electron chi connectivity index (χ0n) is 16.9. The molecule has 3 aromatic carbocycles. The summed E-state index contributed by atoms with van der Waals surface area (Å²) in [6, 6.07) is 24.3. The molecule has 2 heteroatoms. The third-order valence-electron chi connectivity index (χ3n) is 7.38. The Labute approximate surface area is 170 Å². The fourth-order valence-corrected chi connectivity index (χ4v) is 5.21. The highest BCUT2D eigenvalue weighted by molar-refractivity contribution is 6.14. The quantitative estimate of drug-likeness (QED) is 0.303. The van der Waals surface area contributed by atoms with Crippen LogP contribution in [0.25, 0.3) is 38.4 Å². The predicted molar refractivity (Wildman–Crippen MR) is 121 cm³/mol. The van der Waals surface area contributed by atoms with Crippen LogP contribution in [0.1, 0.15) is 32.3 Å². The lowest BCUT2D eigenvalue weighted by atomic mass is 9.58. The maximum absolute atomic E-state index is 4.80. The Morgan fingerprint density at radius 1 is 0.931 bits per heavy atom. The highest BCUT2D eigenvalue weighted by Crippen LogP contribution is 2.51. The van der Waals surface area contributed by atoms with Gasteiger partial charge < -0.3 is 0 Å². The smallest absolute Gasteiger partial charge is 0.145 e. The van der Waals surface area contributed by atoms with E-state index in [2.05, 4.69) is 91.2 Å². The SMILES string of the molecule is CC1CCC1(C)c1cccc2c3cc(-c4ccccc4)ccc3n3ccnc3c12. The molecule has 1 aliphatic carbocycles. The molecule has 0 N–H and O–H groups in total. The van der Waals surface area contributed by atoms with E-state index < -0.39 is 0 Å². The van der Waals surface area contributed by atoms with Crippen molar-refractivity contribution in [1.29, 1.82) is 0 Å². The molecule has 2 nitrogen and oxygen atoms in total. The monoisotopic (exact) mass is 376 g/mol. The molecule has 6 rings (SSSR count). The van der Waals surface area contributed by atoms with E-state index in [0.29, 0.717) is 5.92 Å². The van der Waals surface area contributed by atoms with Gasteiger partial charge in [-0.25, -0.2) is 4.98 Å². The normalized spacial score (nSPS) is 21.7. The van der Waals surface area contributed by atoms with Gasteiger partial charge in [-0.15, -0.1) is 0 Å². The second kappa shape index (κ2) is 5.93. The second-order valence-electron chi connectivity index (χ2n) is 8.80. The summed E-state index contributed by atoms with van der Waals surface area (Å²) < 4.78 is 2.27.